The number of halogens is 3. The van der Waals surface area contributed by atoms with Gasteiger partial charge in [-0.1, -0.05) is 34.4 Å². The first-order valence-electron chi connectivity index (χ1n) is 6.89. The van der Waals surface area contributed by atoms with E-state index in [0.29, 0.717) is 39.2 Å². The predicted molar refractivity (Wildman–Crippen MR) is 94.8 cm³/mol. The molecule has 0 aliphatic carbocycles. The summed E-state index contributed by atoms with van der Waals surface area (Å²) in [5, 5.41) is 10.7. The van der Waals surface area contributed by atoms with E-state index in [9.17, 15) is 4.79 Å². The minimum Gasteiger partial charge on any atom is -0.360 e. The molecule has 8 heteroatoms. The van der Waals surface area contributed by atoms with Crippen LogP contribution < -0.4 is 10.6 Å². The monoisotopic (exact) mass is 377 g/mol. The molecule has 2 N–H and O–H groups in total. The second-order valence-electron chi connectivity index (χ2n) is 4.77. The third-order valence-corrected chi connectivity index (χ3v) is 3.81. The van der Waals surface area contributed by atoms with Gasteiger partial charge in [0.05, 0.1) is 10.0 Å². The van der Waals surface area contributed by atoms with Gasteiger partial charge in [-0.25, -0.2) is 0 Å². The lowest BCUT2D eigenvalue weighted by molar-refractivity contribution is 0.0952. The molecule has 2 rings (SSSR count). The van der Waals surface area contributed by atoms with Crippen molar-refractivity contribution in [2.75, 3.05) is 20.1 Å². The summed E-state index contributed by atoms with van der Waals surface area (Å²) in [6.07, 6.45) is 0.828. The van der Waals surface area contributed by atoms with Gasteiger partial charge in [0.2, 0.25) is 0 Å². The number of hydrogen-bond donors (Lipinski definition) is 2. The number of carbonyl (C=O) groups excluding carboxylic acids is 1. The summed E-state index contributed by atoms with van der Waals surface area (Å²) in [7, 11) is 1.86. The maximum Gasteiger partial charge on any atom is 0.257 e. The number of nitrogens with one attached hydrogen (secondary N) is 2. The summed E-state index contributed by atoms with van der Waals surface area (Å²) in [5.74, 6) is 0.179. The maximum absolute atomic E-state index is 12.4. The van der Waals surface area contributed by atoms with Crippen molar-refractivity contribution < 1.29 is 9.32 Å². The fourth-order valence-electron chi connectivity index (χ4n) is 2.09. The minimum atomic E-state index is -0.249. The van der Waals surface area contributed by atoms with Gasteiger partial charge in [-0.05, 0) is 39.1 Å². The summed E-state index contributed by atoms with van der Waals surface area (Å²) < 4.78 is 5.17. The van der Waals surface area contributed by atoms with Gasteiger partial charge in [0.25, 0.3) is 5.91 Å². The number of aryl methyl sites for hydroxylation is 1. The Balaban J connectivity index is 0.00000264. The van der Waals surface area contributed by atoms with Crippen molar-refractivity contribution in [3.8, 4) is 11.3 Å². The van der Waals surface area contributed by atoms with Crippen LogP contribution in [0.5, 0.6) is 0 Å². The van der Waals surface area contributed by atoms with E-state index in [1.54, 1.807) is 25.1 Å². The number of nitrogens with zero attached hydrogens (tertiary/aromatic N) is 1. The fourth-order valence-corrected chi connectivity index (χ4v) is 2.67. The van der Waals surface area contributed by atoms with Crippen LogP contribution in [0.15, 0.2) is 22.7 Å². The molecular formula is C15H18Cl3N3O2. The van der Waals surface area contributed by atoms with Crippen LogP contribution in [-0.4, -0.2) is 31.2 Å². The summed E-state index contributed by atoms with van der Waals surface area (Å²) in [4.78, 5) is 12.4. The van der Waals surface area contributed by atoms with E-state index in [1.165, 1.54) is 0 Å². The fraction of sp³-hybridized carbons (Fsp3) is 0.333. The zero-order valence-corrected chi connectivity index (χ0v) is 15.1. The van der Waals surface area contributed by atoms with Crippen molar-refractivity contribution >= 4 is 41.5 Å². The van der Waals surface area contributed by atoms with E-state index >= 15 is 0 Å². The number of rotatable bonds is 6. The van der Waals surface area contributed by atoms with Crippen molar-refractivity contribution in [3.63, 3.8) is 0 Å². The molecule has 1 aromatic heterocycles. The lowest BCUT2D eigenvalue weighted by atomic mass is 10.1. The molecule has 23 heavy (non-hydrogen) atoms. The Kier molecular flexibility index (Phi) is 7.85. The first kappa shape index (κ1) is 19.8. The highest BCUT2D eigenvalue weighted by molar-refractivity contribution is 6.39. The van der Waals surface area contributed by atoms with Gasteiger partial charge in [0.15, 0.2) is 0 Å². The lowest BCUT2D eigenvalue weighted by Gasteiger charge is -2.07. The molecular weight excluding hydrogens is 361 g/mol. The molecule has 5 nitrogen and oxygen atoms in total. The summed E-state index contributed by atoms with van der Waals surface area (Å²) >= 11 is 12.4. The van der Waals surface area contributed by atoms with E-state index in [0.717, 1.165) is 13.0 Å². The molecule has 126 valence electrons. The number of amides is 1. The number of hydrogen-bond acceptors (Lipinski definition) is 4. The highest BCUT2D eigenvalue weighted by Gasteiger charge is 2.24. The normalized spacial score (nSPS) is 10.3. The molecule has 0 fully saturated rings. The topological polar surface area (TPSA) is 67.2 Å². The van der Waals surface area contributed by atoms with E-state index in [2.05, 4.69) is 15.8 Å². The second kappa shape index (κ2) is 9.13. The molecule has 0 aliphatic rings. The Bertz CT molecular complexity index is 654. The molecule has 1 heterocycles. The molecule has 0 aliphatic heterocycles. The molecule has 0 saturated carbocycles. The first-order valence-corrected chi connectivity index (χ1v) is 7.65. The molecule has 0 bridgehead atoms. The molecule has 0 saturated heterocycles. The standard InChI is InChI=1S/C15H17Cl2N3O2.ClH/c1-9-12(15(21)19-8-4-7-18-2)14(20-22-9)13-10(16)5-3-6-11(13)17;/h3,5-6,18H,4,7-8H2,1-2H3,(H,19,21);1H. The number of carbonyl (C=O) groups is 1. The van der Waals surface area contributed by atoms with Crippen molar-refractivity contribution in [3.05, 3.63) is 39.6 Å². The highest BCUT2D eigenvalue weighted by atomic mass is 35.5. The SMILES string of the molecule is CNCCCNC(=O)c1c(-c2c(Cl)cccc2Cl)noc1C.Cl. The van der Waals surface area contributed by atoms with Gasteiger partial charge < -0.3 is 15.2 Å². The van der Waals surface area contributed by atoms with Crippen LogP contribution in [0.3, 0.4) is 0 Å². The quantitative estimate of drug-likeness (QED) is 0.752. The Hall–Kier alpha value is -1.27. The van der Waals surface area contributed by atoms with E-state index < -0.39 is 0 Å². The first-order chi connectivity index (χ1) is 10.6. The zero-order valence-electron chi connectivity index (χ0n) is 12.8. The van der Waals surface area contributed by atoms with Gasteiger partial charge in [-0.3, -0.25) is 4.79 Å². The molecule has 1 aromatic carbocycles. The smallest absolute Gasteiger partial charge is 0.257 e. The molecule has 2 aromatic rings. The Morgan fingerprint density at radius 1 is 1.26 bits per heavy atom. The predicted octanol–water partition coefficient (Wildman–Crippen LogP) is 3.72. The van der Waals surface area contributed by atoms with Crippen molar-refractivity contribution in [2.24, 2.45) is 0 Å². The van der Waals surface area contributed by atoms with Crippen molar-refractivity contribution in [1.82, 2.24) is 15.8 Å². The van der Waals surface area contributed by atoms with Gasteiger partial charge in [0.1, 0.15) is 17.0 Å². The largest absolute Gasteiger partial charge is 0.360 e. The van der Waals surface area contributed by atoms with Crippen LogP contribution in [0.25, 0.3) is 11.3 Å². The Morgan fingerprint density at radius 2 is 1.91 bits per heavy atom. The van der Waals surface area contributed by atoms with Crippen LogP contribution in [0, 0.1) is 6.92 Å². The zero-order chi connectivity index (χ0) is 16.1. The van der Waals surface area contributed by atoms with Crippen molar-refractivity contribution in [1.29, 1.82) is 0 Å². The average molecular weight is 379 g/mol. The van der Waals surface area contributed by atoms with Crippen LogP contribution in [0.2, 0.25) is 10.0 Å². The number of aromatic nitrogens is 1. The highest BCUT2D eigenvalue weighted by Crippen LogP contribution is 2.36. The average Bonchev–Trinajstić information content (AvgIpc) is 2.85. The van der Waals surface area contributed by atoms with E-state index in [1.807, 2.05) is 7.05 Å². The molecule has 0 atom stereocenters. The van der Waals surface area contributed by atoms with Gasteiger partial charge in [0, 0.05) is 12.1 Å². The van der Waals surface area contributed by atoms with Gasteiger partial charge in [-0.2, -0.15) is 0 Å². The third kappa shape index (κ3) is 4.61. The molecule has 0 radical (unpaired) electrons. The minimum absolute atomic E-state index is 0. The van der Waals surface area contributed by atoms with Crippen molar-refractivity contribution in [2.45, 2.75) is 13.3 Å². The Morgan fingerprint density at radius 3 is 2.52 bits per heavy atom. The van der Waals surface area contributed by atoms with Gasteiger partial charge >= 0.3 is 0 Å². The lowest BCUT2D eigenvalue weighted by Crippen LogP contribution is -2.27. The van der Waals surface area contributed by atoms with Gasteiger partial charge in [-0.15, -0.1) is 12.4 Å². The maximum atomic E-state index is 12.4. The van der Waals surface area contributed by atoms with E-state index in [4.69, 9.17) is 27.7 Å². The second-order valence-corrected chi connectivity index (χ2v) is 5.59. The van der Waals surface area contributed by atoms with Crippen LogP contribution >= 0.6 is 35.6 Å². The summed E-state index contributed by atoms with van der Waals surface area (Å²) in [5.41, 5.74) is 1.22. The van der Waals surface area contributed by atoms with Crippen LogP contribution in [-0.2, 0) is 0 Å². The van der Waals surface area contributed by atoms with Crippen LogP contribution in [0.1, 0.15) is 22.5 Å². The Labute approximate surface area is 151 Å². The molecule has 0 spiro atoms. The number of benzene rings is 1. The molecule has 0 unspecified atom stereocenters. The third-order valence-electron chi connectivity index (χ3n) is 3.18. The van der Waals surface area contributed by atoms with E-state index in [-0.39, 0.29) is 18.3 Å². The summed E-state index contributed by atoms with van der Waals surface area (Å²) in [6.45, 7) is 3.07. The molecule has 1 amide bonds. The van der Waals surface area contributed by atoms with Crippen LogP contribution in [0.4, 0.5) is 0 Å². The summed E-state index contributed by atoms with van der Waals surface area (Å²) in [6, 6.07) is 5.13.